The maximum absolute atomic E-state index is 6.65. The van der Waals surface area contributed by atoms with E-state index in [2.05, 4.69) is 4.90 Å². The average molecular weight is 264 g/mol. The Kier molecular flexibility index (Phi) is 3.33. The third-order valence-corrected chi connectivity index (χ3v) is 6.37. The van der Waals surface area contributed by atoms with Gasteiger partial charge in [-0.05, 0) is 61.7 Å². The smallest absolute Gasteiger partial charge is 0.0594 e. The van der Waals surface area contributed by atoms with Gasteiger partial charge in [0.1, 0.15) is 0 Å². The van der Waals surface area contributed by atoms with E-state index in [1.807, 2.05) is 0 Å². The van der Waals surface area contributed by atoms with Crippen molar-refractivity contribution in [3.05, 3.63) is 0 Å². The van der Waals surface area contributed by atoms with Crippen LogP contribution >= 0.6 is 0 Å². The van der Waals surface area contributed by atoms with E-state index >= 15 is 0 Å². The molecule has 1 unspecified atom stereocenters. The van der Waals surface area contributed by atoms with E-state index in [9.17, 15) is 0 Å². The first-order chi connectivity index (χ1) is 9.29. The number of rotatable bonds is 3. The Hall–Kier alpha value is -0.120. The molecular formula is C16H28N2O. The molecule has 0 radical (unpaired) electrons. The van der Waals surface area contributed by atoms with Crippen LogP contribution < -0.4 is 5.73 Å². The van der Waals surface area contributed by atoms with Crippen molar-refractivity contribution in [1.82, 2.24) is 4.90 Å². The predicted octanol–water partition coefficient (Wildman–Crippen LogP) is 1.72. The summed E-state index contributed by atoms with van der Waals surface area (Å²) in [5.41, 5.74) is 6.65. The maximum atomic E-state index is 6.65. The minimum Gasteiger partial charge on any atom is -0.379 e. The van der Waals surface area contributed by atoms with Crippen molar-refractivity contribution in [2.45, 2.75) is 38.1 Å². The van der Waals surface area contributed by atoms with Crippen LogP contribution in [0.25, 0.3) is 0 Å². The van der Waals surface area contributed by atoms with Gasteiger partial charge in [0.05, 0.1) is 13.2 Å². The van der Waals surface area contributed by atoms with E-state index in [-0.39, 0.29) is 0 Å². The summed E-state index contributed by atoms with van der Waals surface area (Å²) in [6.45, 7) is 5.07. The monoisotopic (exact) mass is 264 g/mol. The van der Waals surface area contributed by atoms with Crippen molar-refractivity contribution in [3.8, 4) is 0 Å². The Bertz CT molecular complexity index is 299. The lowest BCUT2D eigenvalue weighted by Gasteiger charge is -2.56. The fourth-order valence-corrected chi connectivity index (χ4v) is 5.87. The van der Waals surface area contributed by atoms with E-state index in [1.165, 1.54) is 25.7 Å². The molecule has 108 valence electrons. The summed E-state index contributed by atoms with van der Waals surface area (Å²) in [5, 5.41) is 0. The molecule has 0 aromatic heterocycles. The Morgan fingerprint density at radius 3 is 2.11 bits per heavy atom. The molecule has 4 saturated carbocycles. The Labute approximate surface area is 116 Å². The van der Waals surface area contributed by atoms with E-state index in [0.29, 0.717) is 6.04 Å². The van der Waals surface area contributed by atoms with E-state index < -0.39 is 0 Å². The van der Waals surface area contributed by atoms with Crippen LogP contribution in [0.15, 0.2) is 0 Å². The van der Waals surface area contributed by atoms with Crippen LogP contribution in [-0.4, -0.2) is 43.8 Å². The highest BCUT2D eigenvalue weighted by atomic mass is 16.5. The standard InChI is InChI=1S/C16H28N2O/c17-15(10-18-1-3-19-4-2-18)16-13-6-11-5-12(8-13)9-14(16)7-11/h11-16H,1-10,17H2. The molecular weight excluding hydrogens is 236 g/mol. The molecule has 1 heterocycles. The number of nitrogens with zero attached hydrogens (tertiary/aromatic N) is 1. The van der Waals surface area contributed by atoms with Gasteiger partial charge in [-0.25, -0.2) is 0 Å². The van der Waals surface area contributed by atoms with Gasteiger partial charge in [-0.15, -0.1) is 0 Å². The van der Waals surface area contributed by atoms with Crippen molar-refractivity contribution in [2.24, 2.45) is 35.3 Å². The normalized spacial score (nSPS) is 47.5. The first-order valence-corrected chi connectivity index (χ1v) is 8.35. The summed E-state index contributed by atoms with van der Waals surface area (Å²) < 4.78 is 5.44. The van der Waals surface area contributed by atoms with Gasteiger partial charge in [-0.3, -0.25) is 4.90 Å². The lowest BCUT2D eigenvalue weighted by molar-refractivity contribution is -0.0543. The molecule has 4 aliphatic carbocycles. The van der Waals surface area contributed by atoms with Gasteiger partial charge in [0.25, 0.3) is 0 Å². The van der Waals surface area contributed by atoms with Crippen LogP contribution in [0.2, 0.25) is 0 Å². The fourth-order valence-electron chi connectivity index (χ4n) is 5.87. The van der Waals surface area contributed by atoms with Crippen molar-refractivity contribution >= 4 is 0 Å². The molecule has 0 aromatic rings. The molecule has 5 rings (SSSR count). The molecule has 3 heteroatoms. The summed E-state index contributed by atoms with van der Waals surface area (Å²) in [4.78, 5) is 2.53. The maximum Gasteiger partial charge on any atom is 0.0594 e. The lowest BCUT2D eigenvalue weighted by atomic mass is 9.50. The Morgan fingerprint density at radius 2 is 1.53 bits per heavy atom. The molecule has 1 saturated heterocycles. The van der Waals surface area contributed by atoms with E-state index in [1.54, 1.807) is 6.42 Å². The van der Waals surface area contributed by atoms with Crippen LogP contribution in [-0.2, 0) is 4.74 Å². The first-order valence-electron chi connectivity index (χ1n) is 8.35. The topological polar surface area (TPSA) is 38.5 Å². The Morgan fingerprint density at radius 1 is 0.947 bits per heavy atom. The minimum absolute atomic E-state index is 0.410. The summed E-state index contributed by atoms with van der Waals surface area (Å²) in [7, 11) is 0. The molecule has 3 nitrogen and oxygen atoms in total. The molecule has 0 spiro atoms. The van der Waals surface area contributed by atoms with Gasteiger partial charge in [0.2, 0.25) is 0 Å². The summed E-state index contributed by atoms with van der Waals surface area (Å²) in [6.07, 6.45) is 7.52. The van der Waals surface area contributed by atoms with E-state index in [4.69, 9.17) is 10.5 Å². The summed E-state index contributed by atoms with van der Waals surface area (Å²) >= 11 is 0. The number of nitrogens with two attached hydrogens (primary N) is 1. The number of hydrogen-bond acceptors (Lipinski definition) is 3. The molecule has 1 aliphatic heterocycles. The molecule has 4 bridgehead atoms. The van der Waals surface area contributed by atoms with Crippen LogP contribution in [0.5, 0.6) is 0 Å². The van der Waals surface area contributed by atoms with Gasteiger partial charge < -0.3 is 10.5 Å². The molecule has 19 heavy (non-hydrogen) atoms. The van der Waals surface area contributed by atoms with Crippen LogP contribution in [0.4, 0.5) is 0 Å². The van der Waals surface area contributed by atoms with Crippen LogP contribution in [0.1, 0.15) is 32.1 Å². The fraction of sp³-hybridized carbons (Fsp3) is 1.00. The second-order valence-electron chi connectivity index (χ2n) is 7.58. The third-order valence-electron chi connectivity index (χ3n) is 6.37. The Balaban J connectivity index is 1.40. The number of ether oxygens (including phenoxy) is 1. The van der Waals surface area contributed by atoms with E-state index in [0.717, 1.165) is 62.4 Å². The van der Waals surface area contributed by atoms with Crippen molar-refractivity contribution in [2.75, 3.05) is 32.8 Å². The van der Waals surface area contributed by atoms with Gasteiger partial charge in [-0.1, -0.05) is 0 Å². The lowest BCUT2D eigenvalue weighted by Crippen LogP contribution is -2.55. The SMILES string of the molecule is NC(CN1CCOCC1)C1C2CC3CC(C2)CC1C3. The molecule has 5 fully saturated rings. The van der Waals surface area contributed by atoms with Crippen molar-refractivity contribution < 1.29 is 4.74 Å². The van der Waals surface area contributed by atoms with Crippen LogP contribution in [0, 0.1) is 29.6 Å². The van der Waals surface area contributed by atoms with Gasteiger partial charge >= 0.3 is 0 Å². The zero-order valence-corrected chi connectivity index (χ0v) is 12.0. The average Bonchev–Trinajstić information content (AvgIpc) is 2.38. The quantitative estimate of drug-likeness (QED) is 0.843. The highest BCUT2D eigenvalue weighted by molar-refractivity contribution is 5.01. The first kappa shape index (κ1) is 12.6. The largest absolute Gasteiger partial charge is 0.379 e. The predicted molar refractivity (Wildman–Crippen MR) is 75.8 cm³/mol. The summed E-state index contributed by atoms with van der Waals surface area (Å²) in [5.74, 6) is 4.89. The molecule has 0 amide bonds. The van der Waals surface area contributed by atoms with Gasteiger partial charge in [-0.2, -0.15) is 0 Å². The van der Waals surface area contributed by atoms with Gasteiger partial charge in [0, 0.05) is 25.7 Å². The van der Waals surface area contributed by atoms with Gasteiger partial charge in [0.15, 0.2) is 0 Å². The van der Waals surface area contributed by atoms with Crippen LogP contribution in [0.3, 0.4) is 0 Å². The molecule has 0 aromatic carbocycles. The second kappa shape index (κ2) is 5.01. The van der Waals surface area contributed by atoms with Crippen molar-refractivity contribution in [1.29, 1.82) is 0 Å². The summed E-state index contributed by atoms with van der Waals surface area (Å²) in [6, 6.07) is 0.410. The second-order valence-corrected chi connectivity index (χ2v) is 7.58. The highest BCUT2D eigenvalue weighted by Gasteiger charge is 2.49. The zero-order chi connectivity index (χ0) is 12.8. The number of hydrogen-bond donors (Lipinski definition) is 1. The zero-order valence-electron chi connectivity index (χ0n) is 12.0. The molecule has 2 N–H and O–H groups in total. The number of morpholine rings is 1. The third kappa shape index (κ3) is 2.34. The highest BCUT2D eigenvalue weighted by Crippen LogP contribution is 2.57. The molecule has 1 atom stereocenters. The minimum atomic E-state index is 0.410. The molecule has 5 aliphatic rings. The van der Waals surface area contributed by atoms with Crippen molar-refractivity contribution in [3.63, 3.8) is 0 Å².